The van der Waals surface area contributed by atoms with Gasteiger partial charge in [-0.1, -0.05) is 26.2 Å². The summed E-state index contributed by atoms with van der Waals surface area (Å²) in [7, 11) is 0. The van der Waals surface area contributed by atoms with Gasteiger partial charge < -0.3 is 9.73 Å². The molecule has 17 heavy (non-hydrogen) atoms. The monoisotopic (exact) mass is 236 g/mol. The van der Waals surface area contributed by atoms with Crippen molar-refractivity contribution in [3.63, 3.8) is 0 Å². The Labute approximate surface area is 104 Å². The first kappa shape index (κ1) is 12.7. The summed E-state index contributed by atoms with van der Waals surface area (Å²) >= 11 is 0. The highest BCUT2D eigenvalue weighted by molar-refractivity contribution is 5.05. The van der Waals surface area contributed by atoms with E-state index in [1.165, 1.54) is 25.7 Å². The van der Waals surface area contributed by atoms with Crippen LogP contribution in [0.25, 0.3) is 0 Å². The van der Waals surface area contributed by atoms with E-state index in [2.05, 4.69) is 23.2 Å². The maximum atomic E-state index is 5.62. The number of nitrogens with zero attached hydrogens (tertiary/aromatic N) is 1. The minimum absolute atomic E-state index is 0.485. The maximum Gasteiger partial charge on any atom is 0.120 e. The fraction of sp³-hybridized carbons (Fsp3) is 0.714. The molecule has 1 fully saturated rings. The molecule has 96 valence electrons. The summed E-state index contributed by atoms with van der Waals surface area (Å²) in [6.45, 7) is 6.73. The van der Waals surface area contributed by atoms with Gasteiger partial charge in [-0.15, -0.1) is 0 Å². The predicted molar refractivity (Wildman–Crippen MR) is 70.0 cm³/mol. The SMILES string of the molecule is CCCCC[C@H](c1ccco1)N1CCNCC1. The Balaban J connectivity index is 1.96. The summed E-state index contributed by atoms with van der Waals surface area (Å²) in [5.41, 5.74) is 0. The number of nitrogens with one attached hydrogen (secondary N) is 1. The molecule has 1 N–H and O–H groups in total. The van der Waals surface area contributed by atoms with Crippen molar-refractivity contribution in [2.45, 2.75) is 38.6 Å². The molecule has 1 saturated heterocycles. The fourth-order valence-corrected chi connectivity index (χ4v) is 2.57. The first-order valence-corrected chi connectivity index (χ1v) is 6.90. The molecule has 0 bridgehead atoms. The standard InChI is InChI=1S/C14H24N2O/c1-2-3-4-6-13(14-7-5-12-17-14)16-10-8-15-9-11-16/h5,7,12-13,15H,2-4,6,8-11H2,1H3/t13-/m1/s1. The molecule has 1 atom stereocenters. The molecule has 1 aromatic heterocycles. The van der Waals surface area contributed by atoms with Crippen molar-refractivity contribution in [3.8, 4) is 0 Å². The maximum absolute atomic E-state index is 5.62. The van der Waals surface area contributed by atoms with Crippen molar-refractivity contribution >= 4 is 0 Å². The lowest BCUT2D eigenvalue weighted by molar-refractivity contribution is 0.144. The number of piperazine rings is 1. The molecule has 0 unspecified atom stereocenters. The molecule has 0 aliphatic carbocycles. The molecule has 0 aromatic carbocycles. The van der Waals surface area contributed by atoms with Gasteiger partial charge in [0, 0.05) is 26.2 Å². The highest BCUT2D eigenvalue weighted by Gasteiger charge is 2.23. The minimum atomic E-state index is 0.485. The van der Waals surface area contributed by atoms with E-state index in [0.29, 0.717) is 6.04 Å². The lowest BCUT2D eigenvalue weighted by atomic mass is 10.0. The summed E-state index contributed by atoms with van der Waals surface area (Å²) < 4.78 is 5.62. The Morgan fingerprint density at radius 2 is 2.18 bits per heavy atom. The van der Waals surface area contributed by atoms with Gasteiger partial charge in [0.1, 0.15) is 5.76 Å². The lowest BCUT2D eigenvalue weighted by Crippen LogP contribution is -2.45. The van der Waals surface area contributed by atoms with Gasteiger partial charge >= 0.3 is 0 Å². The molecule has 2 heterocycles. The largest absolute Gasteiger partial charge is 0.468 e. The van der Waals surface area contributed by atoms with Crippen LogP contribution >= 0.6 is 0 Å². The first-order valence-electron chi connectivity index (χ1n) is 6.90. The van der Waals surface area contributed by atoms with Crippen molar-refractivity contribution in [2.75, 3.05) is 26.2 Å². The van der Waals surface area contributed by atoms with E-state index in [9.17, 15) is 0 Å². The molecule has 3 heteroatoms. The van der Waals surface area contributed by atoms with Crippen LogP contribution in [0.3, 0.4) is 0 Å². The van der Waals surface area contributed by atoms with Crippen molar-refractivity contribution in [1.82, 2.24) is 10.2 Å². The van der Waals surface area contributed by atoms with Crippen LogP contribution in [-0.4, -0.2) is 31.1 Å². The minimum Gasteiger partial charge on any atom is -0.468 e. The zero-order valence-electron chi connectivity index (χ0n) is 10.8. The Morgan fingerprint density at radius 3 is 2.82 bits per heavy atom. The zero-order valence-corrected chi connectivity index (χ0v) is 10.8. The van der Waals surface area contributed by atoms with Gasteiger partial charge in [-0.25, -0.2) is 0 Å². The molecular formula is C14H24N2O. The summed E-state index contributed by atoms with van der Waals surface area (Å²) in [4.78, 5) is 2.56. The molecule has 1 aromatic rings. The second-order valence-electron chi connectivity index (χ2n) is 4.81. The quantitative estimate of drug-likeness (QED) is 0.770. The van der Waals surface area contributed by atoms with Crippen molar-refractivity contribution in [2.24, 2.45) is 0 Å². The fourth-order valence-electron chi connectivity index (χ4n) is 2.57. The first-order chi connectivity index (χ1) is 8.42. The number of furan rings is 1. The van der Waals surface area contributed by atoms with E-state index < -0.39 is 0 Å². The van der Waals surface area contributed by atoms with Gasteiger partial charge in [0.15, 0.2) is 0 Å². The second kappa shape index (κ2) is 6.82. The average molecular weight is 236 g/mol. The third-order valence-electron chi connectivity index (χ3n) is 3.55. The van der Waals surface area contributed by atoms with E-state index in [1.807, 2.05) is 6.07 Å². The molecule has 0 saturated carbocycles. The van der Waals surface area contributed by atoms with Crippen LogP contribution in [0.4, 0.5) is 0 Å². The molecule has 3 nitrogen and oxygen atoms in total. The van der Waals surface area contributed by atoms with Gasteiger partial charge in [0.2, 0.25) is 0 Å². The summed E-state index contributed by atoms with van der Waals surface area (Å²) in [6.07, 6.45) is 6.92. The molecule has 0 amide bonds. The third kappa shape index (κ3) is 3.58. The highest BCUT2D eigenvalue weighted by atomic mass is 16.3. The van der Waals surface area contributed by atoms with Crippen LogP contribution in [0.5, 0.6) is 0 Å². The van der Waals surface area contributed by atoms with Crippen molar-refractivity contribution in [3.05, 3.63) is 24.2 Å². The van der Waals surface area contributed by atoms with Crippen LogP contribution in [0, 0.1) is 0 Å². The van der Waals surface area contributed by atoms with Gasteiger partial charge in [-0.2, -0.15) is 0 Å². The van der Waals surface area contributed by atoms with E-state index in [1.54, 1.807) is 6.26 Å². The van der Waals surface area contributed by atoms with Gasteiger partial charge in [-0.3, -0.25) is 4.90 Å². The zero-order chi connectivity index (χ0) is 11.9. The number of rotatable bonds is 6. The molecular weight excluding hydrogens is 212 g/mol. The Morgan fingerprint density at radius 1 is 1.35 bits per heavy atom. The van der Waals surface area contributed by atoms with E-state index in [4.69, 9.17) is 4.42 Å². The number of unbranched alkanes of at least 4 members (excludes halogenated alkanes) is 2. The smallest absolute Gasteiger partial charge is 0.120 e. The predicted octanol–water partition coefficient (Wildman–Crippen LogP) is 2.81. The van der Waals surface area contributed by atoms with Gasteiger partial charge in [0.05, 0.1) is 12.3 Å². The van der Waals surface area contributed by atoms with E-state index in [-0.39, 0.29) is 0 Å². The summed E-state index contributed by atoms with van der Waals surface area (Å²) in [6, 6.07) is 4.61. The van der Waals surface area contributed by atoms with Crippen LogP contribution in [-0.2, 0) is 0 Å². The highest BCUT2D eigenvalue weighted by Crippen LogP contribution is 2.27. The Bertz CT molecular complexity index is 291. The molecule has 1 aliphatic heterocycles. The van der Waals surface area contributed by atoms with Crippen LogP contribution in [0.15, 0.2) is 22.8 Å². The summed E-state index contributed by atoms with van der Waals surface area (Å²) in [5, 5.41) is 3.41. The summed E-state index contributed by atoms with van der Waals surface area (Å²) in [5.74, 6) is 1.14. The Hall–Kier alpha value is -0.800. The topological polar surface area (TPSA) is 28.4 Å². The van der Waals surface area contributed by atoms with Crippen LogP contribution in [0.1, 0.15) is 44.4 Å². The molecule has 0 radical (unpaired) electrons. The van der Waals surface area contributed by atoms with Crippen molar-refractivity contribution in [1.29, 1.82) is 0 Å². The van der Waals surface area contributed by atoms with Crippen LogP contribution in [0.2, 0.25) is 0 Å². The second-order valence-corrected chi connectivity index (χ2v) is 4.81. The number of hydrogen-bond donors (Lipinski definition) is 1. The molecule has 0 spiro atoms. The van der Waals surface area contributed by atoms with Crippen molar-refractivity contribution < 1.29 is 4.42 Å². The number of hydrogen-bond acceptors (Lipinski definition) is 3. The normalized spacial score (nSPS) is 19.4. The Kier molecular flexibility index (Phi) is 5.08. The van der Waals surface area contributed by atoms with E-state index >= 15 is 0 Å². The third-order valence-corrected chi connectivity index (χ3v) is 3.55. The lowest BCUT2D eigenvalue weighted by Gasteiger charge is -2.33. The van der Waals surface area contributed by atoms with Gasteiger partial charge in [-0.05, 0) is 18.6 Å². The van der Waals surface area contributed by atoms with E-state index in [0.717, 1.165) is 31.9 Å². The molecule has 1 aliphatic rings. The van der Waals surface area contributed by atoms with Crippen LogP contribution < -0.4 is 5.32 Å². The van der Waals surface area contributed by atoms with Gasteiger partial charge in [0.25, 0.3) is 0 Å². The average Bonchev–Trinajstić information content (AvgIpc) is 2.89. The molecule has 2 rings (SSSR count).